The Morgan fingerprint density at radius 3 is 2.83 bits per heavy atom. The van der Waals surface area contributed by atoms with Crippen LogP contribution < -0.4 is 5.56 Å². The summed E-state index contributed by atoms with van der Waals surface area (Å²) in [5.41, 5.74) is 0.505. The van der Waals surface area contributed by atoms with E-state index in [1.807, 2.05) is 31.2 Å². The highest BCUT2D eigenvalue weighted by molar-refractivity contribution is 5.82. The van der Waals surface area contributed by atoms with Gasteiger partial charge < -0.3 is 14.0 Å². The highest BCUT2D eigenvalue weighted by Gasteiger charge is 2.20. The number of fused-ring (bicyclic) bond motifs is 1. The molecule has 3 rings (SSSR count). The second kappa shape index (κ2) is 6.08. The quantitative estimate of drug-likeness (QED) is 0.741. The lowest BCUT2D eigenvalue weighted by Gasteiger charge is -2.23. The van der Waals surface area contributed by atoms with Gasteiger partial charge in [-0.1, -0.05) is 23.4 Å². The van der Waals surface area contributed by atoms with E-state index in [9.17, 15) is 9.59 Å². The first-order chi connectivity index (χ1) is 11.1. The van der Waals surface area contributed by atoms with Gasteiger partial charge in [0.1, 0.15) is 18.5 Å². The Morgan fingerprint density at radius 2 is 2.09 bits per heavy atom. The molecule has 6 nitrogen and oxygen atoms in total. The third-order valence-electron chi connectivity index (χ3n) is 4.05. The molecule has 2 heterocycles. The molecule has 1 atom stereocenters. The SMILES string of the molecule is C[C@H](c1ccon1)N(C)C(=O)Cn1ccc2ccccc2c1=O. The van der Waals surface area contributed by atoms with Crippen LogP contribution in [0.15, 0.2) is 58.2 Å². The Balaban J connectivity index is 1.83. The molecule has 0 aliphatic rings. The number of rotatable bonds is 4. The zero-order valence-corrected chi connectivity index (χ0v) is 13.0. The molecule has 118 valence electrons. The maximum absolute atomic E-state index is 12.4. The van der Waals surface area contributed by atoms with E-state index in [4.69, 9.17) is 4.52 Å². The van der Waals surface area contributed by atoms with Crippen molar-refractivity contribution in [2.75, 3.05) is 7.05 Å². The van der Waals surface area contributed by atoms with E-state index in [1.54, 1.807) is 30.3 Å². The fourth-order valence-electron chi connectivity index (χ4n) is 2.46. The van der Waals surface area contributed by atoms with Gasteiger partial charge in [-0.3, -0.25) is 9.59 Å². The molecule has 0 aliphatic carbocycles. The summed E-state index contributed by atoms with van der Waals surface area (Å²) in [7, 11) is 1.69. The van der Waals surface area contributed by atoms with Crippen LogP contribution >= 0.6 is 0 Å². The number of hydrogen-bond donors (Lipinski definition) is 0. The van der Waals surface area contributed by atoms with Crippen LogP contribution in [-0.4, -0.2) is 27.6 Å². The Hall–Kier alpha value is -2.89. The molecule has 6 heteroatoms. The monoisotopic (exact) mass is 311 g/mol. The Labute approximate surface area is 132 Å². The minimum Gasteiger partial charge on any atom is -0.364 e. The number of pyridine rings is 1. The number of nitrogens with zero attached hydrogens (tertiary/aromatic N) is 3. The summed E-state index contributed by atoms with van der Waals surface area (Å²) in [5.74, 6) is -0.169. The standard InChI is InChI=1S/C17H17N3O3/c1-12(15-8-10-23-18-15)19(2)16(21)11-20-9-7-13-5-3-4-6-14(13)17(20)22/h3-10,12H,11H2,1-2H3/t12-/m1/s1. The second-order valence-electron chi connectivity index (χ2n) is 5.44. The lowest BCUT2D eigenvalue weighted by Crippen LogP contribution is -2.35. The van der Waals surface area contributed by atoms with Crippen molar-refractivity contribution in [3.05, 3.63) is 64.9 Å². The summed E-state index contributed by atoms with van der Waals surface area (Å²) in [6.45, 7) is 1.85. The van der Waals surface area contributed by atoms with Crippen molar-refractivity contribution >= 4 is 16.7 Å². The zero-order chi connectivity index (χ0) is 16.4. The maximum atomic E-state index is 12.4. The average molecular weight is 311 g/mol. The van der Waals surface area contributed by atoms with E-state index < -0.39 is 0 Å². The van der Waals surface area contributed by atoms with Crippen LogP contribution in [0.3, 0.4) is 0 Å². The number of amides is 1. The summed E-state index contributed by atoms with van der Waals surface area (Å²) >= 11 is 0. The van der Waals surface area contributed by atoms with Crippen molar-refractivity contribution in [1.82, 2.24) is 14.6 Å². The predicted molar refractivity (Wildman–Crippen MR) is 85.9 cm³/mol. The number of likely N-dealkylation sites (N-methyl/N-ethyl adjacent to an activating group) is 1. The van der Waals surface area contributed by atoms with Gasteiger partial charge in [0.05, 0.1) is 6.04 Å². The lowest BCUT2D eigenvalue weighted by molar-refractivity contribution is -0.132. The molecule has 0 N–H and O–H groups in total. The third-order valence-corrected chi connectivity index (χ3v) is 4.05. The number of aromatic nitrogens is 2. The van der Waals surface area contributed by atoms with E-state index in [0.29, 0.717) is 11.1 Å². The van der Waals surface area contributed by atoms with Crippen molar-refractivity contribution in [3.63, 3.8) is 0 Å². The van der Waals surface area contributed by atoms with Crippen molar-refractivity contribution in [1.29, 1.82) is 0 Å². The lowest BCUT2D eigenvalue weighted by atomic mass is 10.2. The number of hydrogen-bond acceptors (Lipinski definition) is 4. The Bertz CT molecular complexity index is 883. The van der Waals surface area contributed by atoms with E-state index in [1.165, 1.54) is 10.8 Å². The minimum absolute atomic E-state index is 0.0115. The van der Waals surface area contributed by atoms with Crippen LogP contribution in [0.2, 0.25) is 0 Å². The summed E-state index contributed by atoms with van der Waals surface area (Å²) in [6.07, 6.45) is 3.12. The molecule has 1 amide bonds. The normalized spacial score (nSPS) is 12.3. The molecule has 0 saturated heterocycles. The molecule has 0 radical (unpaired) electrons. The summed E-state index contributed by atoms with van der Waals surface area (Å²) in [4.78, 5) is 26.5. The minimum atomic E-state index is -0.225. The first kappa shape index (κ1) is 15.0. The summed E-state index contributed by atoms with van der Waals surface area (Å²) in [6, 6.07) is 10.7. The van der Waals surface area contributed by atoms with Crippen LogP contribution in [0.4, 0.5) is 0 Å². The van der Waals surface area contributed by atoms with Crippen LogP contribution in [0.25, 0.3) is 10.8 Å². The molecule has 1 aromatic carbocycles. The molecule has 0 fully saturated rings. The van der Waals surface area contributed by atoms with E-state index in [0.717, 1.165) is 5.39 Å². The molecule has 0 saturated carbocycles. The smallest absolute Gasteiger partial charge is 0.258 e. The van der Waals surface area contributed by atoms with Gasteiger partial charge in [-0.2, -0.15) is 0 Å². The zero-order valence-electron chi connectivity index (χ0n) is 13.0. The second-order valence-corrected chi connectivity index (χ2v) is 5.44. The largest absolute Gasteiger partial charge is 0.364 e. The van der Waals surface area contributed by atoms with Crippen molar-refractivity contribution < 1.29 is 9.32 Å². The first-order valence-electron chi connectivity index (χ1n) is 7.32. The molecule has 0 spiro atoms. The van der Waals surface area contributed by atoms with Gasteiger partial charge in [-0.05, 0) is 24.4 Å². The fraction of sp³-hybridized carbons (Fsp3) is 0.235. The predicted octanol–water partition coefficient (Wildman–Crippen LogP) is 2.21. The first-order valence-corrected chi connectivity index (χ1v) is 7.32. The van der Waals surface area contributed by atoms with Crippen LogP contribution in [0.1, 0.15) is 18.7 Å². The maximum Gasteiger partial charge on any atom is 0.258 e. The molecule has 0 aliphatic heterocycles. The molecule has 3 aromatic rings. The number of carbonyl (C=O) groups excluding carboxylic acids is 1. The van der Waals surface area contributed by atoms with Gasteiger partial charge in [-0.15, -0.1) is 0 Å². The summed E-state index contributed by atoms with van der Waals surface area (Å²) < 4.78 is 6.24. The number of carbonyl (C=O) groups is 1. The van der Waals surface area contributed by atoms with Crippen molar-refractivity contribution in [2.24, 2.45) is 0 Å². The molecule has 23 heavy (non-hydrogen) atoms. The van der Waals surface area contributed by atoms with Crippen LogP contribution in [-0.2, 0) is 11.3 Å². The molecular formula is C17H17N3O3. The van der Waals surface area contributed by atoms with Crippen molar-refractivity contribution in [3.8, 4) is 0 Å². The Morgan fingerprint density at radius 1 is 1.30 bits per heavy atom. The van der Waals surface area contributed by atoms with Gasteiger partial charge in [0.25, 0.3) is 5.56 Å². The van der Waals surface area contributed by atoms with E-state index >= 15 is 0 Å². The number of benzene rings is 1. The molecular weight excluding hydrogens is 294 g/mol. The third kappa shape index (κ3) is 2.88. The van der Waals surface area contributed by atoms with Crippen LogP contribution in [0.5, 0.6) is 0 Å². The van der Waals surface area contributed by atoms with Crippen LogP contribution in [0, 0.1) is 0 Å². The topological polar surface area (TPSA) is 68.3 Å². The van der Waals surface area contributed by atoms with Gasteiger partial charge in [0.2, 0.25) is 5.91 Å². The highest BCUT2D eigenvalue weighted by atomic mass is 16.5. The molecule has 2 aromatic heterocycles. The van der Waals surface area contributed by atoms with E-state index in [-0.39, 0.29) is 24.1 Å². The molecule has 0 unspecified atom stereocenters. The van der Waals surface area contributed by atoms with E-state index in [2.05, 4.69) is 5.16 Å². The van der Waals surface area contributed by atoms with Gasteiger partial charge >= 0.3 is 0 Å². The average Bonchev–Trinajstić information content (AvgIpc) is 3.10. The Kier molecular flexibility index (Phi) is 3.97. The molecule has 0 bridgehead atoms. The fourth-order valence-corrected chi connectivity index (χ4v) is 2.46. The highest BCUT2D eigenvalue weighted by Crippen LogP contribution is 2.17. The van der Waals surface area contributed by atoms with Gasteiger partial charge in [0, 0.05) is 24.7 Å². The summed E-state index contributed by atoms with van der Waals surface area (Å²) in [5, 5.41) is 5.32. The van der Waals surface area contributed by atoms with Gasteiger partial charge in [-0.25, -0.2) is 0 Å². The van der Waals surface area contributed by atoms with Gasteiger partial charge in [0.15, 0.2) is 0 Å². The van der Waals surface area contributed by atoms with Crippen molar-refractivity contribution in [2.45, 2.75) is 19.5 Å².